The first kappa shape index (κ1) is 13.1. The Labute approximate surface area is 120 Å². The second-order valence-corrected chi connectivity index (χ2v) is 4.60. The van der Waals surface area contributed by atoms with Crippen LogP contribution in [-0.2, 0) is 0 Å². The molecule has 21 heavy (non-hydrogen) atoms. The van der Waals surface area contributed by atoms with Crippen LogP contribution in [0.1, 0.15) is 10.4 Å². The fourth-order valence-electron chi connectivity index (χ4n) is 2.08. The predicted molar refractivity (Wildman–Crippen MR) is 80.5 cm³/mol. The summed E-state index contributed by atoms with van der Waals surface area (Å²) in [6.07, 6.45) is 1.70. The van der Waals surface area contributed by atoms with Crippen LogP contribution >= 0.6 is 0 Å². The highest BCUT2D eigenvalue weighted by molar-refractivity contribution is 6.08. The highest BCUT2D eigenvalue weighted by atomic mass is 19.1. The van der Waals surface area contributed by atoms with Gasteiger partial charge in [0, 0.05) is 23.0 Å². The van der Waals surface area contributed by atoms with E-state index in [2.05, 4.69) is 10.3 Å². The van der Waals surface area contributed by atoms with Crippen LogP contribution in [0.15, 0.2) is 54.7 Å². The zero-order chi connectivity index (χ0) is 14.8. The summed E-state index contributed by atoms with van der Waals surface area (Å²) in [4.78, 5) is 16.4. The number of hydrogen-bond acceptors (Lipinski definition) is 3. The van der Waals surface area contributed by atoms with Crippen LogP contribution in [-0.4, -0.2) is 10.9 Å². The van der Waals surface area contributed by atoms with Gasteiger partial charge in [0.05, 0.1) is 11.1 Å². The van der Waals surface area contributed by atoms with Crippen LogP contribution < -0.4 is 11.1 Å². The molecule has 1 amide bonds. The normalized spacial score (nSPS) is 10.5. The molecular weight excluding hydrogens is 269 g/mol. The third kappa shape index (κ3) is 2.67. The van der Waals surface area contributed by atoms with E-state index >= 15 is 0 Å². The van der Waals surface area contributed by atoms with Crippen molar-refractivity contribution < 1.29 is 9.18 Å². The predicted octanol–water partition coefficient (Wildman–Crippen LogP) is 3.21. The summed E-state index contributed by atoms with van der Waals surface area (Å²) < 4.78 is 13.2. The number of fused-ring (bicyclic) bond motifs is 1. The Bertz CT molecular complexity index is 833. The number of nitrogens with two attached hydrogens (primary N) is 1. The third-order valence-electron chi connectivity index (χ3n) is 3.12. The Kier molecular flexibility index (Phi) is 3.23. The molecule has 0 atom stereocenters. The van der Waals surface area contributed by atoms with Crippen molar-refractivity contribution in [2.75, 3.05) is 11.1 Å². The minimum Gasteiger partial charge on any atom is -0.398 e. The van der Waals surface area contributed by atoms with Crippen LogP contribution in [0, 0.1) is 5.82 Å². The SMILES string of the molecule is Nc1ccc(F)cc1C(=O)Nc1ccc2ncccc2c1. The van der Waals surface area contributed by atoms with Gasteiger partial charge in [0.25, 0.3) is 5.91 Å². The number of halogens is 1. The van der Waals surface area contributed by atoms with E-state index in [-0.39, 0.29) is 11.3 Å². The summed E-state index contributed by atoms with van der Waals surface area (Å²) in [5.41, 5.74) is 7.48. The van der Waals surface area contributed by atoms with Crippen molar-refractivity contribution in [3.63, 3.8) is 0 Å². The van der Waals surface area contributed by atoms with Crippen molar-refractivity contribution in [3.8, 4) is 0 Å². The van der Waals surface area contributed by atoms with E-state index in [0.29, 0.717) is 5.69 Å². The quantitative estimate of drug-likeness (QED) is 0.709. The maximum absolute atomic E-state index is 13.2. The smallest absolute Gasteiger partial charge is 0.257 e. The molecule has 0 radical (unpaired) electrons. The summed E-state index contributed by atoms with van der Waals surface area (Å²) in [7, 11) is 0. The number of hydrogen-bond donors (Lipinski definition) is 2. The van der Waals surface area contributed by atoms with Crippen LogP contribution in [0.3, 0.4) is 0 Å². The average molecular weight is 281 g/mol. The van der Waals surface area contributed by atoms with Gasteiger partial charge in [0.15, 0.2) is 0 Å². The molecule has 3 rings (SSSR count). The van der Waals surface area contributed by atoms with Gasteiger partial charge in [-0.3, -0.25) is 9.78 Å². The molecule has 0 spiro atoms. The summed E-state index contributed by atoms with van der Waals surface area (Å²) in [6, 6.07) is 12.8. The summed E-state index contributed by atoms with van der Waals surface area (Å²) in [6.45, 7) is 0. The fourth-order valence-corrected chi connectivity index (χ4v) is 2.08. The highest BCUT2D eigenvalue weighted by Gasteiger charge is 2.11. The summed E-state index contributed by atoms with van der Waals surface area (Å²) >= 11 is 0. The van der Waals surface area contributed by atoms with Gasteiger partial charge >= 0.3 is 0 Å². The highest BCUT2D eigenvalue weighted by Crippen LogP contribution is 2.19. The van der Waals surface area contributed by atoms with Gasteiger partial charge in [-0.15, -0.1) is 0 Å². The largest absolute Gasteiger partial charge is 0.398 e. The number of nitrogens with one attached hydrogen (secondary N) is 1. The Morgan fingerprint density at radius 1 is 1.14 bits per heavy atom. The Morgan fingerprint density at radius 2 is 2.00 bits per heavy atom. The lowest BCUT2D eigenvalue weighted by Gasteiger charge is -2.08. The Hall–Kier alpha value is -2.95. The lowest BCUT2D eigenvalue weighted by molar-refractivity contribution is 0.102. The molecule has 0 aliphatic heterocycles. The van der Waals surface area contributed by atoms with Gasteiger partial charge in [0.1, 0.15) is 5.82 Å². The first-order chi connectivity index (χ1) is 10.1. The average Bonchev–Trinajstić information content (AvgIpc) is 2.49. The maximum Gasteiger partial charge on any atom is 0.257 e. The van der Waals surface area contributed by atoms with E-state index in [9.17, 15) is 9.18 Å². The monoisotopic (exact) mass is 281 g/mol. The van der Waals surface area contributed by atoms with Crippen LogP contribution in [0.5, 0.6) is 0 Å². The van der Waals surface area contributed by atoms with Crippen LogP contribution in [0.25, 0.3) is 10.9 Å². The zero-order valence-corrected chi connectivity index (χ0v) is 11.0. The van der Waals surface area contributed by atoms with E-state index in [1.807, 2.05) is 12.1 Å². The minimum absolute atomic E-state index is 0.112. The molecule has 0 bridgehead atoms. The van der Waals surface area contributed by atoms with Crippen LogP contribution in [0.4, 0.5) is 15.8 Å². The van der Waals surface area contributed by atoms with E-state index in [1.165, 1.54) is 12.1 Å². The number of carbonyl (C=O) groups is 1. The van der Waals surface area contributed by atoms with E-state index in [0.717, 1.165) is 17.0 Å². The Balaban J connectivity index is 1.90. The summed E-state index contributed by atoms with van der Waals surface area (Å²) in [5.74, 6) is -0.952. The molecule has 0 unspecified atom stereocenters. The zero-order valence-electron chi connectivity index (χ0n) is 11.0. The molecule has 3 aromatic rings. The molecule has 1 aromatic heterocycles. The number of nitrogens with zero attached hydrogens (tertiary/aromatic N) is 1. The second-order valence-electron chi connectivity index (χ2n) is 4.60. The number of nitrogen functional groups attached to an aromatic ring is 1. The number of rotatable bonds is 2. The van der Waals surface area contributed by atoms with Gasteiger partial charge < -0.3 is 11.1 Å². The van der Waals surface area contributed by atoms with Gasteiger partial charge in [0.2, 0.25) is 0 Å². The maximum atomic E-state index is 13.2. The second kappa shape index (κ2) is 5.20. The molecule has 1 heterocycles. The Morgan fingerprint density at radius 3 is 2.86 bits per heavy atom. The number of aromatic nitrogens is 1. The van der Waals surface area contributed by atoms with Gasteiger partial charge in [-0.05, 0) is 42.5 Å². The molecule has 0 fully saturated rings. The molecular formula is C16H12FN3O. The molecule has 104 valence electrons. The molecule has 4 nitrogen and oxygen atoms in total. The number of benzene rings is 2. The van der Waals surface area contributed by atoms with Crippen LogP contribution in [0.2, 0.25) is 0 Å². The first-order valence-electron chi connectivity index (χ1n) is 6.34. The number of carbonyl (C=O) groups excluding carboxylic acids is 1. The first-order valence-corrected chi connectivity index (χ1v) is 6.34. The lowest BCUT2D eigenvalue weighted by Crippen LogP contribution is -2.14. The minimum atomic E-state index is -0.503. The lowest BCUT2D eigenvalue weighted by atomic mass is 10.1. The molecule has 5 heteroatoms. The van der Waals surface area contributed by atoms with E-state index < -0.39 is 11.7 Å². The third-order valence-corrected chi connectivity index (χ3v) is 3.12. The van der Waals surface area contributed by atoms with Gasteiger partial charge in [-0.25, -0.2) is 4.39 Å². The van der Waals surface area contributed by atoms with Crippen molar-refractivity contribution in [1.82, 2.24) is 4.98 Å². The fraction of sp³-hybridized carbons (Fsp3) is 0. The van der Waals surface area contributed by atoms with Crippen molar-refractivity contribution in [2.45, 2.75) is 0 Å². The molecule has 0 saturated carbocycles. The topological polar surface area (TPSA) is 68.0 Å². The summed E-state index contributed by atoms with van der Waals surface area (Å²) in [5, 5.41) is 3.61. The van der Waals surface area contributed by atoms with Crippen molar-refractivity contribution in [1.29, 1.82) is 0 Å². The number of amides is 1. The van der Waals surface area contributed by atoms with Crippen molar-refractivity contribution in [2.24, 2.45) is 0 Å². The molecule has 0 aliphatic carbocycles. The van der Waals surface area contributed by atoms with Crippen molar-refractivity contribution in [3.05, 3.63) is 66.1 Å². The van der Waals surface area contributed by atoms with Gasteiger partial charge in [-0.1, -0.05) is 6.07 Å². The standard InChI is InChI=1S/C16H12FN3O/c17-11-3-5-14(18)13(9-11)16(21)20-12-4-6-15-10(8-12)2-1-7-19-15/h1-9H,18H2,(H,20,21). The molecule has 0 aliphatic rings. The molecule has 3 N–H and O–H groups in total. The van der Waals surface area contributed by atoms with E-state index in [4.69, 9.17) is 5.73 Å². The number of pyridine rings is 1. The molecule has 2 aromatic carbocycles. The van der Waals surface area contributed by atoms with Gasteiger partial charge in [-0.2, -0.15) is 0 Å². The van der Waals surface area contributed by atoms with E-state index in [1.54, 1.807) is 24.4 Å². The van der Waals surface area contributed by atoms with Crippen molar-refractivity contribution >= 4 is 28.2 Å². The molecule has 0 saturated heterocycles. The number of anilines is 2.